The molecule has 0 aliphatic carbocycles. The van der Waals surface area contributed by atoms with Crippen molar-refractivity contribution >= 4 is 18.3 Å². The minimum atomic E-state index is -3.45. The van der Waals surface area contributed by atoms with Gasteiger partial charge in [-0.1, -0.05) is 0 Å². The molecule has 0 aliphatic rings. The molecular weight excluding hydrogens is 136 g/mol. The normalized spacial score (nSPS) is 7.43. The van der Waals surface area contributed by atoms with E-state index in [1.54, 1.807) is 0 Å². The van der Waals surface area contributed by atoms with Crippen LogP contribution in [0.3, 0.4) is 0 Å². The third-order valence-corrected chi connectivity index (χ3v) is 1.54. The maximum Gasteiger partial charge on any atom is 0.646 e. The lowest BCUT2D eigenvalue weighted by Crippen LogP contribution is -2.27. The molecule has 0 bridgehead atoms. The van der Waals surface area contributed by atoms with Gasteiger partial charge in [0.15, 0.2) is 0 Å². The van der Waals surface area contributed by atoms with Gasteiger partial charge >= 0.3 is 18.3 Å². The molecule has 0 unspecified atom stereocenters. The lowest BCUT2D eigenvalue weighted by atomic mass is 15.7. The van der Waals surface area contributed by atoms with Gasteiger partial charge < -0.3 is 22.6 Å². The first-order valence-electron chi connectivity index (χ1n) is 1.24. The van der Waals surface area contributed by atoms with E-state index in [1.165, 1.54) is 0 Å². The van der Waals surface area contributed by atoms with Crippen molar-refractivity contribution in [3.8, 4) is 0 Å². The summed E-state index contributed by atoms with van der Waals surface area (Å²) in [7, 11) is -6.72. The quantitative estimate of drug-likeness (QED) is 0.415. The van der Waals surface area contributed by atoms with Crippen LogP contribution in [0.5, 0.6) is 0 Å². The fourth-order valence-electron chi connectivity index (χ4n) is 0.0713. The molecule has 7 heavy (non-hydrogen) atoms. The van der Waals surface area contributed by atoms with E-state index in [1.807, 2.05) is 0 Å². The SMILES string of the molecule is O=[Si]([O-])O[Si](=O)O. The minimum absolute atomic E-state index is 3.26. The molecule has 0 aliphatic heterocycles. The number of hydrogen-bond donors (Lipinski definition) is 1. The molecule has 0 saturated carbocycles. The number of rotatable bonds is 2. The Morgan fingerprint density at radius 1 is 1.57 bits per heavy atom. The first-order chi connectivity index (χ1) is 3.13. The van der Waals surface area contributed by atoms with Gasteiger partial charge in [0, 0.05) is 0 Å². The van der Waals surface area contributed by atoms with Crippen molar-refractivity contribution < 1.29 is 22.6 Å². The Labute approximate surface area is 42.0 Å². The van der Waals surface area contributed by atoms with Crippen LogP contribution in [0.2, 0.25) is 0 Å². The third-order valence-electron chi connectivity index (χ3n) is 0.171. The van der Waals surface area contributed by atoms with Gasteiger partial charge in [-0.25, -0.2) is 0 Å². The minimum Gasteiger partial charge on any atom is -0.542 e. The van der Waals surface area contributed by atoms with Crippen LogP contribution in [0.1, 0.15) is 0 Å². The van der Waals surface area contributed by atoms with Gasteiger partial charge in [-0.3, -0.25) is 0 Å². The second kappa shape index (κ2) is 2.58. The summed E-state index contributed by atoms with van der Waals surface area (Å²) in [5.41, 5.74) is 0. The van der Waals surface area contributed by atoms with Crippen molar-refractivity contribution in [1.29, 1.82) is 0 Å². The molecule has 5 nitrogen and oxygen atoms in total. The molecule has 0 aromatic carbocycles. The summed E-state index contributed by atoms with van der Waals surface area (Å²) in [6.45, 7) is 0. The molecule has 0 rings (SSSR count). The predicted octanol–water partition coefficient (Wildman–Crippen LogP) is -2.81. The molecule has 0 amide bonds. The van der Waals surface area contributed by atoms with E-state index in [0.29, 0.717) is 0 Å². The van der Waals surface area contributed by atoms with Crippen LogP contribution in [-0.4, -0.2) is 23.1 Å². The molecule has 0 heterocycles. The molecule has 40 valence electrons. The zero-order valence-corrected chi connectivity index (χ0v) is 5.08. The standard InChI is InChI=1S/HO5Si2/c1-6(2)5-7(3)4/h1H/q-1. The van der Waals surface area contributed by atoms with Crippen LogP contribution in [0.4, 0.5) is 0 Å². The van der Waals surface area contributed by atoms with Crippen molar-refractivity contribution in [3.63, 3.8) is 0 Å². The van der Waals surface area contributed by atoms with Crippen LogP contribution >= 0.6 is 0 Å². The maximum atomic E-state index is 9.40. The van der Waals surface area contributed by atoms with Gasteiger partial charge in [0.05, 0.1) is 0 Å². The summed E-state index contributed by atoms with van der Waals surface area (Å²) in [6.07, 6.45) is 0. The Hall–Kier alpha value is -0.566. The lowest BCUT2D eigenvalue weighted by molar-refractivity contribution is -0.221. The average Bonchev–Trinajstić information content (AvgIpc) is 1.27. The molecule has 0 radical (unpaired) electrons. The van der Waals surface area contributed by atoms with Gasteiger partial charge in [-0.2, -0.15) is 0 Å². The Morgan fingerprint density at radius 2 is 2.00 bits per heavy atom. The molecule has 0 saturated heterocycles. The Kier molecular flexibility index (Phi) is 2.37. The van der Waals surface area contributed by atoms with Gasteiger partial charge in [-0.05, 0) is 0 Å². The van der Waals surface area contributed by atoms with E-state index < -0.39 is 18.3 Å². The summed E-state index contributed by atoms with van der Waals surface area (Å²) in [5.74, 6) is 0. The highest BCUT2D eigenvalue weighted by Gasteiger charge is 1.97. The summed E-state index contributed by atoms with van der Waals surface area (Å²) in [5, 5.41) is 0. The third kappa shape index (κ3) is 5.43. The van der Waals surface area contributed by atoms with Crippen LogP contribution in [0.15, 0.2) is 0 Å². The lowest BCUT2D eigenvalue weighted by Gasteiger charge is -1.94. The monoisotopic (exact) mass is 137 g/mol. The number of hydrogen-bond acceptors (Lipinski definition) is 4. The van der Waals surface area contributed by atoms with Crippen LogP contribution in [-0.2, 0) is 13.0 Å². The van der Waals surface area contributed by atoms with Crippen molar-refractivity contribution in [1.82, 2.24) is 0 Å². The summed E-state index contributed by atoms with van der Waals surface area (Å²) < 4.78 is 22.1. The zero-order chi connectivity index (χ0) is 5.86. The van der Waals surface area contributed by atoms with E-state index in [-0.39, 0.29) is 0 Å². The van der Waals surface area contributed by atoms with Crippen molar-refractivity contribution in [2.45, 2.75) is 0 Å². The largest absolute Gasteiger partial charge is 0.646 e. The van der Waals surface area contributed by atoms with Crippen molar-refractivity contribution in [3.05, 3.63) is 0 Å². The van der Waals surface area contributed by atoms with Gasteiger partial charge in [0.1, 0.15) is 0 Å². The highest BCUT2D eigenvalue weighted by molar-refractivity contribution is 6.39. The molecule has 1 N–H and O–H groups in total. The fraction of sp³-hybridized carbons (Fsp3) is 0. The molecule has 7 heteroatoms. The van der Waals surface area contributed by atoms with Crippen molar-refractivity contribution in [2.75, 3.05) is 0 Å². The Morgan fingerprint density at radius 3 is 2.00 bits per heavy atom. The first kappa shape index (κ1) is 6.43. The molecule has 0 aromatic heterocycles. The smallest absolute Gasteiger partial charge is 0.542 e. The Bertz CT molecular complexity index is 82.3. The van der Waals surface area contributed by atoms with E-state index in [0.717, 1.165) is 0 Å². The first-order valence-corrected chi connectivity index (χ1v) is 3.73. The van der Waals surface area contributed by atoms with Crippen LogP contribution in [0, 0.1) is 0 Å². The van der Waals surface area contributed by atoms with E-state index >= 15 is 0 Å². The average molecular weight is 137 g/mol. The zero-order valence-electron chi connectivity index (χ0n) is 3.08. The summed E-state index contributed by atoms with van der Waals surface area (Å²) in [6, 6.07) is 0. The molecule has 0 spiro atoms. The molecule has 0 fully saturated rings. The second-order valence-corrected chi connectivity index (χ2v) is 2.47. The fourth-order valence-corrected chi connectivity index (χ4v) is 0.642. The second-order valence-electron chi connectivity index (χ2n) is 0.618. The van der Waals surface area contributed by atoms with E-state index in [2.05, 4.69) is 4.12 Å². The highest BCUT2D eigenvalue weighted by atomic mass is 28.4. The van der Waals surface area contributed by atoms with Gasteiger partial charge in [0.2, 0.25) is 0 Å². The Balaban J connectivity index is 3.32. The maximum absolute atomic E-state index is 9.40. The molecule has 0 atom stereocenters. The van der Waals surface area contributed by atoms with Crippen molar-refractivity contribution in [2.24, 2.45) is 0 Å². The summed E-state index contributed by atoms with van der Waals surface area (Å²) >= 11 is 0. The van der Waals surface area contributed by atoms with E-state index in [4.69, 9.17) is 4.80 Å². The van der Waals surface area contributed by atoms with Crippen LogP contribution in [0.25, 0.3) is 0 Å². The topological polar surface area (TPSA) is 86.7 Å². The van der Waals surface area contributed by atoms with Gasteiger partial charge in [-0.15, -0.1) is 0 Å². The summed E-state index contributed by atoms with van der Waals surface area (Å²) in [4.78, 5) is 17.0. The van der Waals surface area contributed by atoms with Gasteiger partial charge in [0.25, 0.3) is 0 Å². The van der Waals surface area contributed by atoms with Crippen LogP contribution < -0.4 is 4.80 Å². The molecule has 0 aromatic rings. The van der Waals surface area contributed by atoms with E-state index in [9.17, 15) is 13.7 Å². The highest BCUT2D eigenvalue weighted by Crippen LogP contribution is 1.58. The molecular formula is HO5Si2-. The predicted molar refractivity (Wildman–Crippen MR) is 16.2 cm³/mol.